The van der Waals surface area contributed by atoms with Crippen molar-refractivity contribution >= 4 is 19.8 Å². The lowest BCUT2D eigenvalue weighted by atomic mass is 9.85. The highest BCUT2D eigenvalue weighted by atomic mass is 31.1. The fourth-order valence-electron chi connectivity index (χ4n) is 4.15. The Balaban J connectivity index is 2.58. The van der Waals surface area contributed by atoms with Crippen LogP contribution in [0.5, 0.6) is 0 Å². The number of carbonyl (C=O) groups is 2. The van der Waals surface area contributed by atoms with Gasteiger partial charge in [0, 0.05) is 12.2 Å². The van der Waals surface area contributed by atoms with E-state index in [0.717, 1.165) is 32.1 Å². The summed E-state index contributed by atoms with van der Waals surface area (Å²) in [4.78, 5) is 34.7. The summed E-state index contributed by atoms with van der Waals surface area (Å²) in [6.45, 7) is 7.58. The van der Waals surface area contributed by atoms with Crippen molar-refractivity contribution in [3.63, 3.8) is 0 Å². The number of amides is 2. The molecule has 0 bridgehead atoms. The zero-order valence-corrected chi connectivity index (χ0v) is 19.9. The van der Waals surface area contributed by atoms with E-state index in [1.165, 1.54) is 0 Å². The lowest BCUT2D eigenvalue weighted by Gasteiger charge is -2.30. The molecule has 1 fully saturated rings. The van der Waals surface area contributed by atoms with Crippen LogP contribution < -0.4 is 16.4 Å². The van der Waals surface area contributed by atoms with Gasteiger partial charge in [0.25, 0.3) is 0 Å². The largest absolute Gasteiger partial charge is 0.391 e. The molecule has 9 heteroatoms. The van der Waals surface area contributed by atoms with Crippen LogP contribution in [0.1, 0.15) is 72.6 Å². The third-order valence-electron chi connectivity index (χ3n) is 5.88. The monoisotopic (exact) mass is 447 g/mol. The number of rotatable bonds is 12. The Bertz CT molecular complexity index is 567. The summed E-state index contributed by atoms with van der Waals surface area (Å²) in [5, 5.41) is 15.8. The predicted octanol–water partition coefficient (Wildman–Crippen LogP) is 1.78. The van der Waals surface area contributed by atoms with Crippen molar-refractivity contribution in [2.24, 2.45) is 23.5 Å². The lowest BCUT2D eigenvalue weighted by molar-refractivity contribution is -0.131. The Kier molecular flexibility index (Phi) is 12.2. The van der Waals surface area contributed by atoms with Gasteiger partial charge >= 0.3 is 0 Å². The van der Waals surface area contributed by atoms with E-state index in [0.29, 0.717) is 6.42 Å². The maximum atomic E-state index is 12.6. The molecule has 0 aromatic carbocycles. The molecular weight excluding hydrogens is 405 g/mol. The lowest BCUT2D eigenvalue weighted by Crippen LogP contribution is -2.54. The van der Waals surface area contributed by atoms with Gasteiger partial charge in [-0.05, 0) is 43.4 Å². The van der Waals surface area contributed by atoms with Crippen molar-refractivity contribution in [3.05, 3.63) is 0 Å². The summed E-state index contributed by atoms with van der Waals surface area (Å²) in [6.07, 6.45) is 4.90. The average molecular weight is 448 g/mol. The Labute approximate surface area is 181 Å². The average Bonchev–Trinajstić information content (AvgIpc) is 2.67. The molecule has 0 aromatic heterocycles. The first-order chi connectivity index (χ1) is 14.0. The summed E-state index contributed by atoms with van der Waals surface area (Å²) in [7, 11) is -2.76. The SMILES string of the molecule is CC(C)C[C@H](N)C(=O)N[C@H](C(=O)NC[C@H](O)CC(C1CCCCC1)[PH](=O)O)C(C)C. The molecule has 0 radical (unpaired) electrons. The molecule has 1 rings (SSSR count). The molecule has 2 unspecified atom stereocenters. The minimum absolute atomic E-state index is 0.0195. The Morgan fingerprint density at radius 2 is 1.67 bits per heavy atom. The molecule has 176 valence electrons. The Hall–Kier alpha value is -0.950. The summed E-state index contributed by atoms with van der Waals surface area (Å²) in [5.41, 5.74) is 5.49. The van der Waals surface area contributed by atoms with Gasteiger partial charge in [0.2, 0.25) is 11.8 Å². The van der Waals surface area contributed by atoms with Crippen LogP contribution in [-0.2, 0) is 14.2 Å². The first-order valence-corrected chi connectivity index (χ1v) is 12.7. The zero-order chi connectivity index (χ0) is 22.8. The molecule has 1 saturated carbocycles. The van der Waals surface area contributed by atoms with Crippen LogP contribution in [0.3, 0.4) is 0 Å². The van der Waals surface area contributed by atoms with Gasteiger partial charge in [-0.1, -0.05) is 47.0 Å². The number of hydrogen-bond donors (Lipinski definition) is 5. The van der Waals surface area contributed by atoms with E-state index in [4.69, 9.17) is 5.73 Å². The Morgan fingerprint density at radius 3 is 2.17 bits per heavy atom. The van der Waals surface area contributed by atoms with Gasteiger partial charge in [-0.15, -0.1) is 0 Å². The fraction of sp³-hybridized carbons (Fsp3) is 0.905. The molecule has 8 nitrogen and oxygen atoms in total. The molecule has 1 aliphatic rings. The van der Waals surface area contributed by atoms with Crippen molar-refractivity contribution in [2.75, 3.05) is 6.54 Å². The molecule has 2 amide bonds. The van der Waals surface area contributed by atoms with Crippen molar-refractivity contribution in [3.8, 4) is 0 Å². The molecule has 30 heavy (non-hydrogen) atoms. The smallest absolute Gasteiger partial charge is 0.242 e. The van der Waals surface area contributed by atoms with Gasteiger partial charge in [-0.2, -0.15) is 0 Å². The van der Waals surface area contributed by atoms with Crippen molar-refractivity contribution in [1.82, 2.24) is 10.6 Å². The Morgan fingerprint density at radius 1 is 1.07 bits per heavy atom. The second kappa shape index (κ2) is 13.5. The van der Waals surface area contributed by atoms with E-state index in [1.54, 1.807) is 0 Å². The molecule has 0 saturated heterocycles. The normalized spacial score (nSPS) is 20.4. The van der Waals surface area contributed by atoms with Crippen LogP contribution in [0.25, 0.3) is 0 Å². The first-order valence-electron chi connectivity index (χ1n) is 11.3. The maximum Gasteiger partial charge on any atom is 0.242 e. The number of carbonyl (C=O) groups excluding carboxylic acids is 2. The molecular formula is C21H42N3O5P. The van der Waals surface area contributed by atoms with Gasteiger partial charge in [-0.25, -0.2) is 0 Å². The summed E-state index contributed by atoms with van der Waals surface area (Å²) >= 11 is 0. The molecule has 1 aliphatic carbocycles. The number of hydrogen-bond acceptors (Lipinski definition) is 5. The van der Waals surface area contributed by atoms with Crippen LogP contribution in [0.2, 0.25) is 0 Å². The second-order valence-corrected chi connectivity index (χ2v) is 10.9. The van der Waals surface area contributed by atoms with Crippen LogP contribution in [0.15, 0.2) is 0 Å². The van der Waals surface area contributed by atoms with E-state index >= 15 is 0 Å². The molecule has 0 spiro atoms. The fourth-order valence-corrected chi connectivity index (χ4v) is 5.36. The highest BCUT2D eigenvalue weighted by Crippen LogP contribution is 2.40. The summed E-state index contributed by atoms with van der Waals surface area (Å²) < 4.78 is 11.9. The van der Waals surface area contributed by atoms with Crippen molar-refractivity contribution in [1.29, 1.82) is 0 Å². The van der Waals surface area contributed by atoms with E-state index < -0.39 is 31.9 Å². The number of nitrogens with one attached hydrogen (secondary N) is 2. The van der Waals surface area contributed by atoms with Gasteiger partial charge in [-0.3, -0.25) is 14.2 Å². The van der Waals surface area contributed by atoms with E-state index in [1.807, 2.05) is 27.7 Å². The predicted molar refractivity (Wildman–Crippen MR) is 119 cm³/mol. The van der Waals surface area contributed by atoms with E-state index in [-0.39, 0.29) is 42.5 Å². The number of aliphatic hydroxyl groups excluding tert-OH is 1. The number of aliphatic hydroxyl groups is 1. The van der Waals surface area contributed by atoms with Crippen molar-refractivity contribution < 1.29 is 24.2 Å². The standard InChI is InChI=1S/C21H42N3O5P/c1-13(2)10-17(22)20(26)24-19(14(3)4)21(27)23-12-16(25)11-18(30(28)29)15-8-6-5-7-9-15/h13-19,25,30H,5-12,22H2,1-4H3,(H,23,27)(H,24,26)(H,28,29)/t16-,17+,18?,19+/m1/s1. The van der Waals surface area contributed by atoms with E-state index in [2.05, 4.69) is 10.6 Å². The minimum atomic E-state index is -2.76. The molecule has 5 atom stereocenters. The van der Waals surface area contributed by atoms with Crippen molar-refractivity contribution in [2.45, 2.75) is 96.5 Å². The van der Waals surface area contributed by atoms with E-state index in [9.17, 15) is 24.2 Å². The highest BCUT2D eigenvalue weighted by molar-refractivity contribution is 7.38. The first kappa shape index (κ1) is 27.1. The number of nitrogens with two attached hydrogens (primary N) is 1. The minimum Gasteiger partial charge on any atom is -0.391 e. The maximum absolute atomic E-state index is 12.6. The summed E-state index contributed by atoms with van der Waals surface area (Å²) in [6, 6.07) is -1.43. The van der Waals surface area contributed by atoms with Gasteiger partial charge in [0.15, 0.2) is 8.03 Å². The summed E-state index contributed by atoms with van der Waals surface area (Å²) in [5.74, 6) is -0.482. The van der Waals surface area contributed by atoms with Crippen LogP contribution in [0.4, 0.5) is 0 Å². The third kappa shape index (κ3) is 9.46. The molecule has 0 aliphatic heterocycles. The quantitative estimate of drug-likeness (QED) is 0.289. The second-order valence-electron chi connectivity index (χ2n) is 9.44. The highest BCUT2D eigenvalue weighted by Gasteiger charge is 2.31. The molecule has 6 N–H and O–H groups in total. The molecule has 0 aromatic rings. The molecule has 0 heterocycles. The van der Waals surface area contributed by atoms with Gasteiger partial charge in [0.05, 0.1) is 12.1 Å². The van der Waals surface area contributed by atoms with Crippen LogP contribution in [0, 0.1) is 17.8 Å². The zero-order valence-electron chi connectivity index (χ0n) is 18.9. The van der Waals surface area contributed by atoms with Crippen LogP contribution in [-0.4, -0.2) is 52.2 Å². The van der Waals surface area contributed by atoms with Gasteiger partial charge < -0.3 is 26.4 Å². The topological polar surface area (TPSA) is 142 Å². The van der Waals surface area contributed by atoms with Gasteiger partial charge in [0.1, 0.15) is 6.04 Å². The van der Waals surface area contributed by atoms with Crippen LogP contribution >= 0.6 is 8.03 Å². The third-order valence-corrected chi connectivity index (χ3v) is 7.22.